The van der Waals surface area contributed by atoms with Crippen LogP contribution in [0.2, 0.25) is 0 Å². The monoisotopic (exact) mass is 251 g/mol. The van der Waals surface area contributed by atoms with Crippen LogP contribution in [0.5, 0.6) is 0 Å². The molecule has 2 N–H and O–H groups in total. The number of ketones is 1. The van der Waals surface area contributed by atoms with Gasteiger partial charge in [0.05, 0.1) is 11.4 Å². The van der Waals surface area contributed by atoms with Gasteiger partial charge >= 0.3 is 0 Å². The molecule has 2 heterocycles. The molecule has 2 aromatic heterocycles. The molecule has 0 aromatic carbocycles. The summed E-state index contributed by atoms with van der Waals surface area (Å²) in [5.74, 6) is 0.601. The van der Waals surface area contributed by atoms with Crippen LogP contribution in [0, 0.1) is 0 Å². The van der Waals surface area contributed by atoms with E-state index in [9.17, 15) is 4.79 Å². The largest absolute Gasteiger partial charge is 0.330 e. The van der Waals surface area contributed by atoms with Crippen molar-refractivity contribution in [2.75, 3.05) is 6.54 Å². The number of thiazole rings is 1. The van der Waals surface area contributed by atoms with E-state index in [1.54, 1.807) is 17.1 Å². The molecule has 0 aliphatic carbocycles. The highest BCUT2D eigenvalue weighted by atomic mass is 32.1. The van der Waals surface area contributed by atoms with Gasteiger partial charge in [0.15, 0.2) is 5.78 Å². The van der Waals surface area contributed by atoms with Gasteiger partial charge in [-0.2, -0.15) is 5.10 Å². The van der Waals surface area contributed by atoms with E-state index < -0.39 is 0 Å². The van der Waals surface area contributed by atoms with Crippen LogP contribution in [0.4, 0.5) is 0 Å². The molecule has 0 amide bonds. The van der Waals surface area contributed by atoms with E-state index in [1.165, 1.54) is 17.7 Å². The third-order valence-corrected chi connectivity index (χ3v) is 3.23. The summed E-state index contributed by atoms with van der Waals surface area (Å²) in [5, 5.41) is 6.58. The Morgan fingerprint density at radius 2 is 2.41 bits per heavy atom. The Morgan fingerprint density at radius 3 is 3.06 bits per heavy atom. The molecular formula is C10H13N5OS. The Kier molecular flexibility index (Phi) is 3.60. The molecule has 0 aliphatic rings. The number of carbonyl (C=O) groups excluding carboxylic acids is 1. The number of carbonyl (C=O) groups is 1. The van der Waals surface area contributed by atoms with Gasteiger partial charge in [0.25, 0.3) is 0 Å². The van der Waals surface area contributed by atoms with Crippen molar-refractivity contribution >= 4 is 17.1 Å². The summed E-state index contributed by atoms with van der Waals surface area (Å²) >= 11 is 1.46. The van der Waals surface area contributed by atoms with E-state index in [2.05, 4.69) is 15.1 Å². The lowest BCUT2D eigenvalue weighted by atomic mass is 10.2. The van der Waals surface area contributed by atoms with E-state index in [0.717, 1.165) is 5.01 Å². The van der Waals surface area contributed by atoms with Crippen molar-refractivity contribution in [2.24, 2.45) is 12.8 Å². The Bertz CT molecular complexity index is 518. The maximum Gasteiger partial charge on any atom is 0.189 e. The molecular weight excluding hydrogens is 238 g/mol. The molecule has 17 heavy (non-hydrogen) atoms. The summed E-state index contributed by atoms with van der Waals surface area (Å²) in [6.45, 7) is 0.546. The van der Waals surface area contributed by atoms with Crippen molar-refractivity contribution in [3.63, 3.8) is 0 Å². The molecule has 0 aliphatic heterocycles. The van der Waals surface area contributed by atoms with E-state index >= 15 is 0 Å². The molecule has 7 heteroatoms. The van der Waals surface area contributed by atoms with Crippen LogP contribution in [0.15, 0.2) is 11.7 Å². The predicted octanol–water partition coefficient (Wildman–Crippen LogP) is 0.198. The lowest BCUT2D eigenvalue weighted by Crippen LogP contribution is -2.10. The third kappa shape index (κ3) is 2.75. The molecule has 0 saturated carbocycles. The summed E-state index contributed by atoms with van der Waals surface area (Å²) < 4.78 is 1.59. The van der Waals surface area contributed by atoms with Gasteiger partial charge in [0.2, 0.25) is 0 Å². The van der Waals surface area contributed by atoms with E-state index in [-0.39, 0.29) is 12.2 Å². The van der Waals surface area contributed by atoms with Gasteiger partial charge in [-0.1, -0.05) is 0 Å². The highest BCUT2D eigenvalue weighted by Gasteiger charge is 2.13. The van der Waals surface area contributed by atoms with Crippen LogP contribution in [0.1, 0.15) is 21.3 Å². The van der Waals surface area contributed by atoms with Crippen LogP contribution in [-0.2, 0) is 19.9 Å². The number of nitrogens with zero attached hydrogens (tertiary/aromatic N) is 4. The molecule has 2 aromatic rings. The Labute approximate surface area is 103 Å². The lowest BCUT2D eigenvalue weighted by molar-refractivity contribution is 0.0985. The SMILES string of the molecule is Cn1ncnc1CC(=O)c1csc(CCN)n1. The fourth-order valence-corrected chi connectivity index (χ4v) is 2.21. The minimum absolute atomic E-state index is 0.0411. The third-order valence-electron chi connectivity index (χ3n) is 2.32. The molecule has 0 atom stereocenters. The van der Waals surface area contributed by atoms with Crippen molar-refractivity contribution in [1.82, 2.24) is 19.7 Å². The van der Waals surface area contributed by atoms with Gasteiger partial charge in [-0.25, -0.2) is 9.97 Å². The van der Waals surface area contributed by atoms with Crippen molar-refractivity contribution in [3.8, 4) is 0 Å². The van der Waals surface area contributed by atoms with E-state index in [0.29, 0.717) is 24.5 Å². The second kappa shape index (κ2) is 5.15. The molecule has 0 bridgehead atoms. The van der Waals surface area contributed by atoms with Gasteiger partial charge in [0, 0.05) is 18.8 Å². The molecule has 0 radical (unpaired) electrons. The number of hydrogen-bond acceptors (Lipinski definition) is 6. The Morgan fingerprint density at radius 1 is 1.59 bits per heavy atom. The van der Waals surface area contributed by atoms with Crippen LogP contribution in [-0.4, -0.2) is 32.1 Å². The molecule has 90 valence electrons. The topological polar surface area (TPSA) is 86.7 Å². The average Bonchev–Trinajstić information content (AvgIpc) is 2.90. The maximum absolute atomic E-state index is 11.9. The lowest BCUT2D eigenvalue weighted by Gasteiger charge is -1.97. The second-order valence-electron chi connectivity index (χ2n) is 3.56. The maximum atomic E-state index is 11.9. The zero-order chi connectivity index (χ0) is 12.3. The quantitative estimate of drug-likeness (QED) is 0.767. The first kappa shape index (κ1) is 11.9. The highest BCUT2D eigenvalue weighted by molar-refractivity contribution is 7.09. The summed E-state index contributed by atoms with van der Waals surface area (Å²) in [4.78, 5) is 20.2. The Balaban J connectivity index is 2.07. The predicted molar refractivity (Wildman–Crippen MR) is 63.9 cm³/mol. The van der Waals surface area contributed by atoms with Crippen molar-refractivity contribution in [1.29, 1.82) is 0 Å². The molecule has 0 fully saturated rings. The number of rotatable bonds is 5. The molecule has 0 spiro atoms. The standard InChI is InChI=1S/C10H13N5OS/c1-15-9(12-6-13-15)4-8(16)7-5-17-10(14-7)2-3-11/h5-6H,2-4,11H2,1H3. The number of Topliss-reactive ketones (excluding diaryl/α,β-unsaturated/α-hetero) is 1. The van der Waals surface area contributed by atoms with Gasteiger partial charge in [-0.3, -0.25) is 9.48 Å². The van der Waals surface area contributed by atoms with Crippen LogP contribution in [0.25, 0.3) is 0 Å². The minimum Gasteiger partial charge on any atom is -0.330 e. The first-order valence-corrected chi connectivity index (χ1v) is 6.09. The van der Waals surface area contributed by atoms with Gasteiger partial charge in [0.1, 0.15) is 17.8 Å². The van der Waals surface area contributed by atoms with Crippen molar-refractivity contribution in [3.05, 3.63) is 28.2 Å². The summed E-state index contributed by atoms with van der Waals surface area (Å²) in [6.07, 6.45) is 2.37. The molecule has 0 saturated heterocycles. The fourth-order valence-electron chi connectivity index (χ4n) is 1.39. The van der Waals surface area contributed by atoms with E-state index in [1.807, 2.05) is 0 Å². The average molecular weight is 251 g/mol. The second-order valence-corrected chi connectivity index (χ2v) is 4.51. The summed E-state index contributed by atoms with van der Waals surface area (Å²) in [5.41, 5.74) is 5.92. The molecule has 2 rings (SSSR count). The normalized spacial score (nSPS) is 10.7. The number of aromatic nitrogens is 4. The fraction of sp³-hybridized carbons (Fsp3) is 0.400. The van der Waals surface area contributed by atoms with Crippen molar-refractivity contribution < 1.29 is 4.79 Å². The van der Waals surface area contributed by atoms with Crippen molar-refractivity contribution in [2.45, 2.75) is 12.8 Å². The van der Waals surface area contributed by atoms with Gasteiger partial charge in [-0.05, 0) is 6.54 Å². The number of hydrogen-bond donors (Lipinski definition) is 1. The van der Waals surface area contributed by atoms with Crippen LogP contribution in [0.3, 0.4) is 0 Å². The number of aryl methyl sites for hydroxylation is 1. The Hall–Kier alpha value is -1.60. The zero-order valence-electron chi connectivity index (χ0n) is 9.46. The molecule has 0 unspecified atom stereocenters. The first-order chi connectivity index (χ1) is 8.20. The van der Waals surface area contributed by atoms with Crippen LogP contribution < -0.4 is 5.73 Å². The number of nitrogens with two attached hydrogens (primary N) is 1. The summed E-state index contributed by atoms with van der Waals surface area (Å²) in [6, 6.07) is 0. The zero-order valence-corrected chi connectivity index (χ0v) is 10.3. The summed E-state index contributed by atoms with van der Waals surface area (Å²) in [7, 11) is 1.76. The van der Waals surface area contributed by atoms with Gasteiger partial charge in [-0.15, -0.1) is 11.3 Å². The van der Waals surface area contributed by atoms with Gasteiger partial charge < -0.3 is 5.73 Å². The highest BCUT2D eigenvalue weighted by Crippen LogP contribution is 2.12. The van der Waals surface area contributed by atoms with Crippen LogP contribution >= 0.6 is 11.3 Å². The smallest absolute Gasteiger partial charge is 0.189 e. The molecule has 6 nitrogen and oxygen atoms in total. The van der Waals surface area contributed by atoms with E-state index in [4.69, 9.17) is 5.73 Å². The first-order valence-electron chi connectivity index (χ1n) is 5.21. The minimum atomic E-state index is -0.0411.